The number of hydrogen-bond acceptors (Lipinski definition) is 3. The minimum atomic E-state index is -0.135. The van der Waals surface area contributed by atoms with E-state index in [0.717, 1.165) is 49.9 Å². The number of allylic oxidation sites excluding steroid dienone is 3. The van der Waals surface area contributed by atoms with Gasteiger partial charge in [-0.25, -0.2) is 0 Å². The van der Waals surface area contributed by atoms with E-state index in [0.29, 0.717) is 17.8 Å². The maximum Gasteiger partial charge on any atom is 0.305 e. The van der Waals surface area contributed by atoms with Gasteiger partial charge in [0.15, 0.2) is 0 Å². The molecule has 0 aromatic carbocycles. The van der Waals surface area contributed by atoms with Crippen molar-refractivity contribution in [1.29, 1.82) is 0 Å². The number of fused-ring (bicyclic) bond motifs is 5. The van der Waals surface area contributed by atoms with Crippen molar-refractivity contribution >= 4 is 5.97 Å². The summed E-state index contributed by atoms with van der Waals surface area (Å²) >= 11 is 0. The lowest BCUT2D eigenvalue weighted by molar-refractivity contribution is -0.140. The van der Waals surface area contributed by atoms with Crippen molar-refractivity contribution in [2.45, 2.75) is 97.5 Å². The number of carbonyl (C=O) groups excluding carboxylic acids is 1. The van der Waals surface area contributed by atoms with Gasteiger partial charge in [-0.3, -0.25) is 4.79 Å². The summed E-state index contributed by atoms with van der Waals surface area (Å²) in [5.41, 5.74) is 3.96. The number of unbranched alkanes of at least 4 members (excludes halogenated alkanes) is 1. The summed E-state index contributed by atoms with van der Waals surface area (Å²) in [6.45, 7) is 7.53. The third-order valence-corrected chi connectivity index (χ3v) is 9.82. The second-order valence-corrected chi connectivity index (χ2v) is 11.3. The predicted octanol–water partition coefficient (Wildman–Crippen LogP) is 6.22. The van der Waals surface area contributed by atoms with Crippen LogP contribution in [0, 0.1) is 34.5 Å². The highest BCUT2D eigenvalue weighted by Gasteiger charge is 2.56. The lowest BCUT2D eigenvalue weighted by atomic mass is 9.50. The highest BCUT2D eigenvalue weighted by molar-refractivity contribution is 5.68. The number of ether oxygens (including phenoxy) is 1. The van der Waals surface area contributed by atoms with Crippen molar-refractivity contribution in [1.82, 2.24) is 0 Å². The summed E-state index contributed by atoms with van der Waals surface area (Å²) in [5.74, 6) is 2.88. The van der Waals surface area contributed by atoms with Gasteiger partial charge in [-0.05, 0) is 85.9 Å². The zero-order valence-electron chi connectivity index (χ0n) is 19.6. The van der Waals surface area contributed by atoms with Gasteiger partial charge < -0.3 is 9.84 Å². The number of hydrogen-bond donors (Lipinski definition) is 1. The van der Waals surface area contributed by atoms with Crippen LogP contribution in [0.5, 0.6) is 0 Å². The van der Waals surface area contributed by atoms with E-state index in [1.165, 1.54) is 44.8 Å². The quantitative estimate of drug-likeness (QED) is 0.415. The predicted molar refractivity (Wildman–Crippen MR) is 121 cm³/mol. The van der Waals surface area contributed by atoms with Gasteiger partial charge in [0.25, 0.3) is 0 Å². The topological polar surface area (TPSA) is 46.5 Å². The fourth-order valence-corrected chi connectivity index (χ4v) is 8.00. The average molecular weight is 415 g/mol. The summed E-state index contributed by atoms with van der Waals surface area (Å²) in [6, 6.07) is 0. The Labute approximate surface area is 183 Å². The molecule has 4 rings (SSSR count). The molecule has 3 heteroatoms. The molecule has 3 saturated carbocycles. The number of methoxy groups -OCH3 is 1. The standard InChI is InChI=1S/C27H42O3/c1-18(7-5-6-8-25(29)30-4)22-11-12-23-21-10-9-19-17-20(28)13-15-26(19,2)24(21)14-16-27(22,23)3/h9-10,18,20,22-24,28H,5-8,11-17H2,1-4H3/t18-,20?,22-,23+,24+,26+,27-/m1/s1. The van der Waals surface area contributed by atoms with E-state index in [4.69, 9.17) is 4.74 Å². The Hall–Kier alpha value is -1.09. The monoisotopic (exact) mass is 414 g/mol. The minimum Gasteiger partial charge on any atom is -0.469 e. The van der Waals surface area contributed by atoms with E-state index >= 15 is 0 Å². The molecule has 168 valence electrons. The molecule has 0 bridgehead atoms. The molecule has 0 saturated heterocycles. The SMILES string of the molecule is COC(=O)CCCC[C@@H](C)[C@H]1CC[C@H]2C3=CC=C4CC(O)CC[C@]4(C)[C@H]3CC[C@]12C. The summed E-state index contributed by atoms with van der Waals surface area (Å²) in [5, 5.41) is 10.2. The zero-order valence-corrected chi connectivity index (χ0v) is 19.6. The largest absolute Gasteiger partial charge is 0.469 e. The van der Waals surface area contributed by atoms with Gasteiger partial charge >= 0.3 is 5.97 Å². The first kappa shape index (κ1) is 22.1. The van der Waals surface area contributed by atoms with E-state index in [1.54, 1.807) is 5.57 Å². The van der Waals surface area contributed by atoms with Crippen LogP contribution in [0.1, 0.15) is 91.4 Å². The van der Waals surface area contributed by atoms with Crippen LogP contribution in [0.25, 0.3) is 0 Å². The lowest BCUT2D eigenvalue weighted by Gasteiger charge is -2.55. The first-order chi connectivity index (χ1) is 14.3. The van der Waals surface area contributed by atoms with Crippen LogP contribution in [0.2, 0.25) is 0 Å². The van der Waals surface area contributed by atoms with E-state index in [-0.39, 0.29) is 17.5 Å². The summed E-state index contributed by atoms with van der Waals surface area (Å²) in [4.78, 5) is 11.4. The Morgan fingerprint density at radius 2 is 1.93 bits per heavy atom. The van der Waals surface area contributed by atoms with Crippen molar-refractivity contribution in [3.63, 3.8) is 0 Å². The first-order valence-corrected chi connectivity index (χ1v) is 12.5. The van der Waals surface area contributed by atoms with Crippen molar-refractivity contribution in [3.8, 4) is 0 Å². The molecule has 7 atom stereocenters. The Morgan fingerprint density at radius 1 is 1.13 bits per heavy atom. The Kier molecular flexibility index (Phi) is 6.23. The van der Waals surface area contributed by atoms with Gasteiger partial charge in [0.2, 0.25) is 0 Å². The van der Waals surface area contributed by atoms with Crippen LogP contribution in [0.3, 0.4) is 0 Å². The highest BCUT2D eigenvalue weighted by Crippen LogP contribution is 2.66. The van der Waals surface area contributed by atoms with Gasteiger partial charge in [0.05, 0.1) is 13.2 Å². The Bertz CT molecular complexity index is 722. The van der Waals surface area contributed by atoms with Gasteiger partial charge in [-0.2, -0.15) is 0 Å². The van der Waals surface area contributed by atoms with E-state index in [9.17, 15) is 9.90 Å². The molecule has 1 unspecified atom stereocenters. The maximum atomic E-state index is 11.4. The van der Waals surface area contributed by atoms with Crippen molar-refractivity contribution in [3.05, 3.63) is 23.3 Å². The molecular weight excluding hydrogens is 372 g/mol. The molecule has 0 aromatic heterocycles. The normalized spacial score (nSPS) is 41.1. The first-order valence-electron chi connectivity index (χ1n) is 12.5. The summed E-state index contributed by atoms with van der Waals surface area (Å²) < 4.78 is 4.78. The number of aliphatic hydroxyl groups excluding tert-OH is 1. The fourth-order valence-electron chi connectivity index (χ4n) is 8.00. The molecule has 0 heterocycles. The molecule has 4 aliphatic carbocycles. The number of rotatable bonds is 6. The molecular formula is C27H42O3. The lowest BCUT2D eigenvalue weighted by Crippen LogP contribution is -2.46. The van der Waals surface area contributed by atoms with Crippen LogP contribution >= 0.6 is 0 Å². The van der Waals surface area contributed by atoms with Gasteiger partial charge in [-0.15, -0.1) is 0 Å². The Balaban J connectivity index is 1.45. The van der Waals surface area contributed by atoms with Crippen molar-refractivity contribution in [2.75, 3.05) is 7.11 Å². The van der Waals surface area contributed by atoms with Crippen molar-refractivity contribution < 1.29 is 14.6 Å². The molecule has 30 heavy (non-hydrogen) atoms. The number of aliphatic hydroxyl groups is 1. The fraction of sp³-hybridized carbons (Fsp3) is 0.815. The average Bonchev–Trinajstić information content (AvgIpc) is 3.08. The molecule has 3 nitrogen and oxygen atoms in total. The van der Waals surface area contributed by atoms with E-state index in [1.807, 2.05) is 0 Å². The van der Waals surface area contributed by atoms with Crippen LogP contribution in [-0.2, 0) is 9.53 Å². The molecule has 0 radical (unpaired) electrons. The molecule has 4 aliphatic rings. The molecule has 0 amide bonds. The third-order valence-electron chi connectivity index (χ3n) is 9.82. The second kappa shape index (κ2) is 8.45. The van der Waals surface area contributed by atoms with Crippen LogP contribution in [-0.4, -0.2) is 24.3 Å². The molecule has 3 fully saturated rings. The summed E-state index contributed by atoms with van der Waals surface area (Å²) in [7, 11) is 1.48. The Morgan fingerprint density at radius 3 is 2.70 bits per heavy atom. The molecule has 0 aromatic rings. The second-order valence-electron chi connectivity index (χ2n) is 11.3. The van der Waals surface area contributed by atoms with Crippen LogP contribution in [0.4, 0.5) is 0 Å². The van der Waals surface area contributed by atoms with E-state index < -0.39 is 0 Å². The van der Waals surface area contributed by atoms with E-state index in [2.05, 4.69) is 32.9 Å². The van der Waals surface area contributed by atoms with Gasteiger partial charge in [0, 0.05) is 6.42 Å². The zero-order chi connectivity index (χ0) is 21.5. The van der Waals surface area contributed by atoms with Crippen LogP contribution in [0.15, 0.2) is 23.3 Å². The highest BCUT2D eigenvalue weighted by atomic mass is 16.5. The third kappa shape index (κ3) is 3.70. The van der Waals surface area contributed by atoms with Gasteiger partial charge in [-0.1, -0.05) is 56.9 Å². The molecule has 1 N–H and O–H groups in total. The number of carbonyl (C=O) groups is 1. The number of esters is 1. The van der Waals surface area contributed by atoms with Gasteiger partial charge in [0.1, 0.15) is 0 Å². The minimum absolute atomic E-state index is 0.0748. The molecule has 0 aliphatic heterocycles. The summed E-state index contributed by atoms with van der Waals surface area (Å²) in [6.07, 6.45) is 17.0. The van der Waals surface area contributed by atoms with Crippen LogP contribution < -0.4 is 0 Å². The molecule has 0 spiro atoms. The van der Waals surface area contributed by atoms with Crippen molar-refractivity contribution in [2.24, 2.45) is 34.5 Å². The maximum absolute atomic E-state index is 11.4. The smallest absolute Gasteiger partial charge is 0.305 e.